The number of nitrogens with two attached hydrogens (primary N) is 1. The average molecular weight is 300 g/mol. The smallest absolute Gasteiger partial charge is 0.243 e. The summed E-state index contributed by atoms with van der Waals surface area (Å²) in [5.41, 5.74) is 4.93. The van der Waals surface area contributed by atoms with E-state index in [4.69, 9.17) is 10.5 Å². The van der Waals surface area contributed by atoms with E-state index in [-0.39, 0.29) is 4.90 Å². The van der Waals surface area contributed by atoms with Gasteiger partial charge in [-0.2, -0.15) is 4.31 Å². The van der Waals surface area contributed by atoms with Gasteiger partial charge in [-0.25, -0.2) is 8.42 Å². The molecule has 1 aromatic carbocycles. The van der Waals surface area contributed by atoms with Crippen molar-refractivity contribution in [2.45, 2.75) is 37.6 Å². The first kappa shape index (κ1) is 16.9. The number of rotatable bonds is 7. The van der Waals surface area contributed by atoms with E-state index in [0.717, 1.165) is 6.42 Å². The van der Waals surface area contributed by atoms with Gasteiger partial charge in [0, 0.05) is 19.1 Å². The Morgan fingerprint density at radius 2 is 1.80 bits per heavy atom. The normalized spacial score (nSPS) is 12.7. The molecule has 114 valence electrons. The predicted octanol–water partition coefficient (Wildman–Crippen LogP) is 1.83. The van der Waals surface area contributed by atoms with Gasteiger partial charge in [0.2, 0.25) is 10.0 Å². The van der Waals surface area contributed by atoms with Crippen LogP contribution in [0.4, 0.5) is 0 Å². The summed E-state index contributed by atoms with van der Waals surface area (Å²) in [4.78, 5) is 0.265. The molecule has 0 aliphatic rings. The van der Waals surface area contributed by atoms with E-state index in [9.17, 15) is 8.42 Å². The molecule has 0 heterocycles. The summed E-state index contributed by atoms with van der Waals surface area (Å²) in [6, 6.07) is 6.41. The van der Waals surface area contributed by atoms with Gasteiger partial charge >= 0.3 is 0 Å². The van der Waals surface area contributed by atoms with E-state index >= 15 is 0 Å². The van der Waals surface area contributed by atoms with Gasteiger partial charge in [0.25, 0.3) is 0 Å². The van der Waals surface area contributed by atoms with Crippen molar-refractivity contribution in [2.24, 2.45) is 5.73 Å². The number of nitrogens with zero attached hydrogens (tertiary/aromatic N) is 1. The molecule has 0 unspecified atom stereocenters. The maximum atomic E-state index is 12.5. The summed E-state index contributed by atoms with van der Waals surface area (Å²) in [6.45, 7) is 6.62. The van der Waals surface area contributed by atoms with Gasteiger partial charge in [-0.15, -0.1) is 0 Å². The van der Waals surface area contributed by atoms with E-state index in [2.05, 4.69) is 0 Å². The highest BCUT2D eigenvalue weighted by atomic mass is 32.2. The van der Waals surface area contributed by atoms with Crippen molar-refractivity contribution in [1.82, 2.24) is 4.31 Å². The second-order valence-corrected chi connectivity index (χ2v) is 7.22. The Morgan fingerprint density at radius 1 is 1.25 bits per heavy atom. The molecule has 20 heavy (non-hydrogen) atoms. The number of hydrogen-bond donors (Lipinski definition) is 1. The zero-order valence-electron chi connectivity index (χ0n) is 12.6. The van der Waals surface area contributed by atoms with Crippen LogP contribution < -0.4 is 10.5 Å². The topological polar surface area (TPSA) is 72.6 Å². The molecule has 0 bridgehead atoms. The molecule has 0 saturated heterocycles. The molecule has 0 fully saturated rings. The van der Waals surface area contributed by atoms with Gasteiger partial charge in [-0.3, -0.25) is 0 Å². The van der Waals surface area contributed by atoms with E-state index < -0.39 is 15.6 Å². The van der Waals surface area contributed by atoms with Crippen molar-refractivity contribution >= 4 is 10.0 Å². The van der Waals surface area contributed by atoms with E-state index in [1.165, 1.54) is 4.31 Å². The highest BCUT2D eigenvalue weighted by Crippen LogP contribution is 2.26. The Labute approximate surface area is 121 Å². The third kappa shape index (κ3) is 3.71. The third-order valence-corrected chi connectivity index (χ3v) is 5.67. The lowest BCUT2D eigenvalue weighted by Crippen LogP contribution is -2.44. The fourth-order valence-electron chi connectivity index (χ4n) is 1.59. The Bertz CT molecular complexity index is 524. The van der Waals surface area contributed by atoms with Crippen molar-refractivity contribution in [3.05, 3.63) is 24.3 Å². The molecule has 0 radical (unpaired) electrons. The van der Waals surface area contributed by atoms with Gasteiger partial charge in [0.05, 0.1) is 4.90 Å². The summed E-state index contributed by atoms with van der Waals surface area (Å²) in [5, 5.41) is 0. The van der Waals surface area contributed by atoms with Crippen molar-refractivity contribution in [2.75, 3.05) is 20.2 Å². The molecule has 6 heteroatoms. The lowest BCUT2D eigenvalue weighted by Gasteiger charge is -2.33. The van der Waals surface area contributed by atoms with Gasteiger partial charge in [-0.05, 0) is 44.5 Å². The standard InChI is InChI=1S/C14H24N2O3S/c1-5-14(2,3)16(4)20(17,18)13-8-6-12(7-9-13)19-11-10-15/h6-9H,5,10-11,15H2,1-4H3. The molecule has 0 saturated carbocycles. The SMILES string of the molecule is CCC(C)(C)N(C)S(=O)(=O)c1ccc(OCCN)cc1. The number of benzene rings is 1. The van der Waals surface area contributed by atoms with Gasteiger partial charge in [-0.1, -0.05) is 6.92 Å². The second kappa shape index (κ2) is 6.56. The van der Waals surface area contributed by atoms with Crippen LogP contribution in [-0.4, -0.2) is 38.5 Å². The monoisotopic (exact) mass is 300 g/mol. The molecule has 1 aromatic rings. The molecule has 0 spiro atoms. The molecule has 0 aromatic heterocycles. The maximum absolute atomic E-state index is 12.5. The van der Waals surface area contributed by atoms with Crippen LogP contribution in [0.15, 0.2) is 29.2 Å². The van der Waals surface area contributed by atoms with Crippen LogP contribution in [0, 0.1) is 0 Å². The van der Waals surface area contributed by atoms with Crippen LogP contribution >= 0.6 is 0 Å². The molecular weight excluding hydrogens is 276 g/mol. The van der Waals surface area contributed by atoms with Crippen LogP contribution in [0.5, 0.6) is 5.75 Å². The molecule has 5 nitrogen and oxygen atoms in total. The lowest BCUT2D eigenvalue weighted by molar-refractivity contribution is 0.257. The summed E-state index contributed by atoms with van der Waals surface area (Å²) < 4.78 is 31.8. The van der Waals surface area contributed by atoms with Crippen LogP contribution in [0.1, 0.15) is 27.2 Å². The van der Waals surface area contributed by atoms with Crippen molar-refractivity contribution in [1.29, 1.82) is 0 Å². The first-order valence-corrected chi connectivity index (χ1v) is 8.11. The molecular formula is C14H24N2O3S. The largest absolute Gasteiger partial charge is 0.492 e. The molecule has 0 aliphatic carbocycles. The Kier molecular flexibility index (Phi) is 5.56. The fourth-order valence-corrected chi connectivity index (χ4v) is 3.17. The summed E-state index contributed by atoms with van der Waals surface area (Å²) in [5.74, 6) is 0.617. The zero-order chi connectivity index (χ0) is 15.4. The minimum Gasteiger partial charge on any atom is -0.492 e. The summed E-state index contributed by atoms with van der Waals surface area (Å²) in [6.07, 6.45) is 0.737. The van der Waals surface area contributed by atoms with Crippen LogP contribution in [-0.2, 0) is 10.0 Å². The van der Waals surface area contributed by atoms with E-state index in [0.29, 0.717) is 18.9 Å². The van der Waals surface area contributed by atoms with Crippen LogP contribution in [0.3, 0.4) is 0 Å². The summed E-state index contributed by atoms with van der Waals surface area (Å²) >= 11 is 0. The first-order chi connectivity index (χ1) is 9.25. The van der Waals surface area contributed by atoms with E-state index in [1.807, 2.05) is 20.8 Å². The van der Waals surface area contributed by atoms with E-state index in [1.54, 1.807) is 31.3 Å². The average Bonchev–Trinajstić information content (AvgIpc) is 2.44. The highest BCUT2D eigenvalue weighted by molar-refractivity contribution is 7.89. The molecule has 1 rings (SSSR count). The van der Waals surface area contributed by atoms with Crippen molar-refractivity contribution in [3.63, 3.8) is 0 Å². The highest BCUT2D eigenvalue weighted by Gasteiger charge is 2.32. The number of sulfonamides is 1. The van der Waals surface area contributed by atoms with Gasteiger partial charge in [0.15, 0.2) is 0 Å². The Balaban J connectivity index is 2.99. The Morgan fingerprint density at radius 3 is 2.25 bits per heavy atom. The van der Waals surface area contributed by atoms with Crippen LogP contribution in [0.25, 0.3) is 0 Å². The number of ether oxygens (including phenoxy) is 1. The molecule has 0 amide bonds. The molecule has 0 aliphatic heterocycles. The third-order valence-electron chi connectivity index (χ3n) is 3.59. The Hall–Kier alpha value is -1.11. The fraction of sp³-hybridized carbons (Fsp3) is 0.571. The van der Waals surface area contributed by atoms with Crippen molar-refractivity contribution < 1.29 is 13.2 Å². The van der Waals surface area contributed by atoms with Gasteiger partial charge < -0.3 is 10.5 Å². The second-order valence-electron chi connectivity index (χ2n) is 5.25. The minimum atomic E-state index is -3.49. The predicted molar refractivity (Wildman–Crippen MR) is 80.3 cm³/mol. The molecule has 0 atom stereocenters. The van der Waals surface area contributed by atoms with Gasteiger partial charge in [0.1, 0.15) is 12.4 Å². The maximum Gasteiger partial charge on any atom is 0.243 e. The quantitative estimate of drug-likeness (QED) is 0.834. The van der Waals surface area contributed by atoms with Crippen molar-refractivity contribution in [3.8, 4) is 5.75 Å². The number of hydrogen-bond acceptors (Lipinski definition) is 4. The minimum absolute atomic E-state index is 0.265. The summed E-state index contributed by atoms with van der Waals surface area (Å²) in [7, 11) is -1.88. The van der Waals surface area contributed by atoms with Crippen LogP contribution in [0.2, 0.25) is 0 Å². The zero-order valence-corrected chi connectivity index (χ0v) is 13.4. The first-order valence-electron chi connectivity index (χ1n) is 6.67. The lowest BCUT2D eigenvalue weighted by atomic mass is 10.0. The molecule has 2 N–H and O–H groups in total.